The Hall–Kier alpha value is -2.99. The highest BCUT2D eigenvalue weighted by Gasteiger charge is 2.22. The standard InChI is InChI=1S/C22H24N2O4/c1-26-18-5-3-17(4-6-18)24-11-9-23(10-12-24)15-16-13-22(25)28-21-8-7-19(27-2)14-20(16)21/h3-8,13-14H,9-12,15H2,1-2H3/p+1. The molecule has 2 heterocycles. The molecule has 1 aliphatic heterocycles. The average Bonchev–Trinajstić information content (AvgIpc) is 2.74. The molecule has 6 heteroatoms. The zero-order chi connectivity index (χ0) is 19.5. The molecule has 146 valence electrons. The third-order valence-electron chi connectivity index (χ3n) is 5.38. The first-order chi connectivity index (χ1) is 13.7. The predicted molar refractivity (Wildman–Crippen MR) is 109 cm³/mol. The molecular weight excluding hydrogens is 356 g/mol. The van der Waals surface area contributed by atoms with Crippen molar-refractivity contribution in [1.29, 1.82) is 0 Å². The zero-order valence-electron chi connectivity index (χ0n) is 16.2. The van der Waals surface area contributed by atoms with E-state index in [0.717, 1.165) is 55.2 Å². The van der Waals surface area contributed by atoms with Crippen LogP contribution in [0.2, 0.25) is 0 Å². The van der Waals surface area contributed by atoms with E-state index in [9.17, 15) is 4.79 Å². The molecule has 0 unspecified atom stereocenters. The Balaban J connectivity index is 1.48. The van der Waals surface area contributed by atoms with Gasteiger partial charge in [0, 0.05) is 22.7 Å². The zero-order valence-corrected chi connectivity index (χ0v) is 16.2. The van der Waals surface area contributed by atoms with E-state index in [4.69, 9.17) is 13.9 Å². The Bertz CT molecular complexity index is 1010. The van der Waals surface area contributed by atoms with E-state index in [1.54, 1.807) is 26.4 Å². The maximum absolute atomic E-state index is 12.0. The smallest absolute Gasteiger partial charge is 0.336 e. The first-order valence-corrected chi connectivity index (χ1v) is 9.49. The van der Waals surface area contributed by atoms with Crippen LogP contribution in [0.5, 0.6) is 11.5 Å². The third-order valence-corrected chi connectivity index (χ3v) is 5.38. The fraction of sp³-hybridized carbons (Fsp3) is 0.318. The van der Waals surface area contributed by atoms with Crippen LogP contribution < -0.4 is 24.9 Å². The molecule has 28 heavy (non-hydrogen) atoms. The van der Waals surface area contributed by atoms with E-state index in [1.165, 1.54) is 10.6 Å². The summed E-state index contributed by atoms with van der Waals surface area (Å²) < 4.78 is 15.9. The highest BCUT2D eigenvalue weighted by molar-refractivity contribution is 5.81. The highest BCUT2D eigenvalue weighted by Crippen LogP contribution is 2.23. The van der Waals surface area contributed by atoms with E-state index in [0.29, 0.717) is 5.58 Å². The van der Waals surface area contributed by atoms with Gasteiger partial charge in [-0.1, -0.05) is 0 Å². The van der Waals surface area contributed by atoms with Crippen LogP contribution in [0.15, 0.2) is 57.7 Å². The summed E-state index contributed by atoms with van der Waals surface area (Å²) in [6, 6.07) is 15.4. The van der Waals surface area contributed by atoms with E-state index >= 15 is 0 Å². The van der Waals surface area contributed by atoms with Crippen LogP contribution in [0.25, 0.3) is 11.0 Å². The Morgan fingerprint density at radius 2 is 1.64 bits per heavy atom. The van der Waals surface area contributed by atoms with Gasteiger partial charge in [-0.3, -0.25) is 0 Å². The number of ether oxygens (including phenoxy) is 2. The Morgan fingerprint density at radius 3 is 2.32 bits per heavy atom. The number of fused-ring (bicyclic) bond motifs is 1. The second-order valence-electron chi connectivity index (χ2n) is 7.06. The van der Waals surface area contributed by atoms with E-state index in [2.05, 4.69) is 17.0 Å². The second-order valence-corrected chi connectivity index (χ2v) is 7.06. The van der Waals surface area contributed by atoms with Crippen molar-refractivity contribution < 1.29 is 18.8 Å². The summed E-state index contributed by atoms with van der Waals surface area (Å²) in [6.07, 6.45) is 0. The van der Waals surface area contributed by atoms with Crippen LogP contribution >= 0.6 is 0 Å². The fourth-order valence-electron chi connectivity index (χ4n) is 3.80. The number of quaternary nitrogens is 1. The van der Waals surface area contributed by atoms with E-state index in [1.807, 2.05) is 24.3 Å². The lowest BCUT2D eigenvalue weighted by Gasteiger charge is -2.33. The van der Waals surface area contributed by atoms with Crippen LogP contribution in [-0.4, -0.2) is 40.4 Å². The van der Waals surface area contributed by atoms with E-state index < -0.39 is 0 Å². The molecule has 0 bridgehead atoms. The lowest BCUT2D eigenvalue weighted by molar-refractivity contribution is -0.914. The number of nitrogens with zero attached hydrogens (tertiary/aromatic N) is 1. The number of piperazine rings is 1. The number of benzene rings is 2. The maximum Gasteiger partial charge on any atom is 0.336 e. The van der Waals surface area contributed by atoms with Gasteiger partial charge in [0.1, 0.15) is 23.6 Å². The van der Waals surface area contributed by atoms with Gasteiger partial charge in [-0.05, 0) is 42.5 Å². The molecule has 1 saturated heterocycles. The molecule has 4 rings (SSSR count). The maximum atomic E-state index is 12.0. The number of methoxy groups -OCH3 is 2. The van der Waals surface area contributed by atoms with Crippen LogP contribution in [0.4, 0.5) is 5.69 Å². The topological polar surface area (TPSA) is 56.4 Å². The molecule has 2 aromatic carbocycles. The molecule has 1 aliphatic rings. The van der Waals surface area contributed by atoms with Crippen LogP contribution in [0.3, 0.4) is 0 Å². The highest BCUT2D eigenvalue weighted by atomic mass is 16.5. The van der Waals surface area contributed by atoms with Gasteiger partial charge in [-0.25, -0.2) is 4.79 Å². The van der Waals surface area contributed by atoms with Gasteiger partial charge in [0.2, 0.25) is 0 Å². The summed E-state index contributed by atoms with van der Waals surface area (Å²) in [6.45, 7) is 4.77. The van der Waals surface area contributed by atoms with Crippen molar-refractivity contribution in [3.63, 3.8) is 0 Å². The molecule has 3 aromatic rings. The summed E-state index contributed by atoms with van der Waals surface area (Å²) in [5.41, 5.74) is 2.54. The normalized spacial score (nSPS) is 15.0. The largest absolute Gasteiger partial charge is 0.497 e. The van der Waals surface area contributed by atoms with Gasteiger partial charge >= 0.3 is 5.63 Å². The number of rotatable bonds is 5. The van der Waals surface area contributed by atoms with Gasteiger partial charge in [0.15, 0.2) is 0 Å². The molecule has 0 spiro atoms. The van der Waals surface area contributed by atoms with Crippen molar-refractivity contribution in [2.45, 2.75) is 6.54 Å². The molecule has 1 fully saturated rings. The molecular formula is C22H25N2O4+. The van der Waals surface area contributed by atoms with Crippen LogP contribution in [-0.2, 0) is 6.54 Å². The monoisotopic (exact) mass is 381 g/mol. The van der Waals surface area contributed by atoms with Crippen LogP contribution in [0, 0.1) is 0 Å². The number of hydrogen-bond donors (Lipinski definition) is 1. The Morgan fingerprint density at radius 1 is 0.964 bits per heavy atom. The average molecular weight is 381 g/mol. The minimum absolute atomic E-state index is 0.302. The minimum atomic E-state index is -0.302. The molecule has 0 radical (unpaired) electrons. The van der Waals surface area contributed by atoms with Crippen molar-refractivity contribution in [3.05, 3.63) is 64.5 Å². The van der Waals surface area contributed by atoms with Crippen molar-refractivity contribution in [2.75, 3.05) is 45.3 Å². The first-order valence-electron chi connectivity index (χ1n) is 9.49. The number of nitrogens with one attached hydrogen (secondary N) is 1. The van der Waals surface area contributed by atoms with E-state index in [-0.39, 0.29) is 5.63 Å². The third kappa shape index (κ3) is 3.82. The number of anilines is 1. The number of hydrogen-bond acceptors (Lipinski definition) is 5. The summed E-state index contributed by atoms with van der Waals surface area (Å²) >= 11 is 0. The molecule has 1 N–H and O–H groups in total. The summed E-state index contributed by atoms with van der Waals surface area (Å²) in [5, 5.41) is 0.948. The van der Waals surface area contributed by atoms with Gasteiger partial charge < -0.3 is 23.7 Å². The fourth-order valence-corrected chi connectivity index (χ4v) is 3.80. The van der Waals surface area contributed by atoms with Gasteiger partial charge in [-0.15, -0.1) is 0 Å². The van der Waals surface area contributed by atoms with Crippen molar-refractivity contribution in [3.8, 4) is 11.5 Å². The molecule has 0 amide bonds. The molecule has 1 aromatic heterocycles. The molecule has 0 atom stereocenters. The van der Waals surface area contributed by atoms with Crippen molar-refractivity contribution in [1.82, 2.24) is 0 Å². The molecule has 0 saturated carbocycles. The van der Waals surface area contributed by atoms with Crippen LogP contribution in [0.1, 0.15) is 5.56 Å². The van der Waals surface area contributed by atoms with Crippen molar-refractivity contribution in [2.24, 2.45) is 0 Å². The van der Waals surface area contributed by atoms with Gasteiger partial charge in [0.25, 0.3) is 0 Å². The Kier molecular flexibility index (Phi) is 5.21. The minimum Gasteiger partial charge on any atom is -0.497 e. The molecule has 0 aliphatic carbocycles. The quantitative estimate of drug-likeness (QED) is 0.682. The first kappa shape index (κ1) is 18.4. The lowest BCUT2D eigenvalue weighted by Crippen LogP contribution is -3.13. The lowest BCUT2D eigenvalue weighted by atomic mass is 10.1. The van der Waals surface area contributed by atoms with Gasteiger partial charge in [0.05, 0.1) is 40.4 Å². The van der Waals surface area contributed by atoms with Gasteiger partial charge in [-0.2, -0.15) is 0 Å². The molecule has 6 nitrogen and oxygen atoms in total. The summed E-state index contributed by atoms with van der Waals surface area (Å²) in [7, 11) is 3.32. The summed E-state index contributed by atoms with van der Waals surface area (Å²) in [4.78, 5) is 15.8. The van der Waals surface area contributed by atoms with Crippen molar-refractivity contribution >= 4 is 16.7 Å². The predicted octanol–water partition coefficient (Wildman–Crippen LogP) is 1.72. The Labute approximate surface area is 163 Å². The SMILES string of the molecule is COc1ccc(N2CC[NH+](Cc3cc(=O)oc4ccc(OC)cc34)CC2)cc1. The summed E-state index contributed by atoms with van der Waals surface area (Å²) in [5.74, 6) is 1.64. The second kappa shape index (κ2) is 7.94.